The molecule has 0 aromatic rings. The van der Waals surface area contributed by atoms with Gasteiger partial charge in [0, 0.05) is 19.3 Å². The molecule has 8 heteroatoms. The summed E-state index contributed by atoms with van der Waals surface area (Å²) in [6, 6.07) is -0.615. The second kappa shape index (κ2) is 43.9. The molecule has 2 unspecified atom stereocenters. The van der Waals surface area contributed by atoms with Gasteiger partial charge in [0.25, 0.3) is 0 Å². The molecule has 2 atom stereocenters. The Morgan fingerprint density at radius 1 is 0.508 bits per heavy atom. The predicted molar refractivity (Wildman–Crippen MR) is 257 cm³/mol. The number of ether oxygens (including phenoxy) is 3. The van der Waals surface area contributed by atoms with Crippen molar-refractivity contribution in [2.24, 2.45) is 0 Å². The first-order valence-corrected chi connectivity index (χ1v) is 25.2. The fourth-order valence-corrected chi connectivity index (χ4v) is 7.38. The van der Waals surface area contributed by atoms with E-state index in [0.717, 1.165) is 64.2 Å². The molecule has 0 aliphatic heterocycles. The van der Waals surface area contributed by atoms with Crippen molar-refractivity contribution in [1.29, 1.82) is 0 Å². The molecular formula is C53H96NO7+. The molecule has 0 fully saturated rings. The minimum Gasteiger partial charge on any atom is -0.477 e. The number of carboxylic acid groups (broad SMARTS) is 1. The van der Waals surface area contributed by atoms with Crippen LogP contribution >= 0.6 is 0 Å². The first-order chi connectivity index (χ1) is 29.6. The Bertz CT molecular complexity index is 1140. The molecule has 8 nitrogen and oxygen atoms in total. The number of quaternary nitrogens is 1. The van der Waals surface area contributed by atoms with E-state index in [1.165, 1.54) is 122 Å². The number of allylic oxidation sites excluding steroid dienone is 8. The van der Waals surface area contributed by atoms with Gasteiger partial charge in [0.2, 0.25) is 0 Å². The molecule has 0 heterocycles. The molecular weight excluding hydrogens is 763 g/mol. The van der Waals surface area contributed by atoms with Crippen LogP contribution < -0.4 is 0 Å². The van der Waals surface area contributed by atoms with Gasteiger partial charge >= 0.3 is 17.9 Å². The number of carbonyl (C=O) groups excluding carboxylic acids is 2. The molecule has 0 rings (SSSR count). The average molecular weight is 859 g/mol. The lowest BCUT2D eigenvalue weighted by molar-refractivity contribution is -0.887. The average Bonchev–Trinajstić information content (AvgIpc) is 3.22. The van der Waals surface area contributed by atoms with Gasteiger partial charge in [-0.15, -0.1) is 0 Å². The van der Waals surface area contributed by atoms with Crippen LogP contribution in [0.5, 0.6) is 0 Å². The Balaban J connectivity index is 4.23. The van der Waals surface area contributed by atoms with E-state index in [0.29, 0.717) is 19.3 Å². The highest BCUT2D eigenvalue weighted by Crippen LogP contribution is 2.16. The van der Waals surface area contributed by atoms with Crippen LogP contribution in [0, 0.1) is 0 Å². The van der Waals surface area contributed by atoms with Gasteiger partial charge in [-0.3, -0.25) is 9.59 Å². The van der Waals surface area contributed by atoms with Crippen molar-refractivity contribution in [3.63, 3.8) is 0 Å². The van der Waals surface area contributed by atoms with E-state index >= 15 is 0 Å². The maximum atomic E-state index is 12.8. The monoisotopic (exact) mass is 859 g/mol. The van der Waals surface area contributed by atoms with Crippen LogP contribution in [0.3, 0.4) is 0 Å². The van der Waals surface area contributed by atoms with Crippen molar-refractivity contribution < 1.29 is 38.2 Å². The van der Waals surface area contributed by atoms with Crippen LogP contribution in [0.4, 0.5) is 0 Å². The van der Waals surface area contributed by atoms with E-state index < -0.39 is 18.1 Å². The van der Waals surface area contributed by atoms with E-state index in [1.807, 2.05) is 21.1 Å². The number of aliphatic carboxylic acids is 1. The van der Waals surface area contributed by atoms with Crippen LogP contribution in [0.25, 0.3) is 0 Å². The van der Waals surface area contributed by atoms with Gasteiger partial charge in [-0.25, -0.2) is 4.79 Å². The number of hydrogen-bond acceptors (Lipinski definition) is 6. The van der Waals surface area contributed by atoms with Gasteiger partial charge < -0.3 is 23.8 Å². The fourth-order valence-electron chi connectivity index (χ4n) is 7.38. The van der Waals surface area contributed by atoms with Gasteiger partial charge in [0.05, 0.1) is 34.4 Å². The first-order valence-electron chi connectivity index (χ1n) is 25.2. The zero-order valence-electron chi connectivity index (χ0n) is 40.4. The molecule has 61 heavy (non-hydrogen) atoms. The molecule has 354 valence electrons. The summed E-state index contributed by atoms with van der Waals surface area (Å²) in [5.74, 6) is -1.46. The van der Waals surface area contributed by atoms with Gasteiger partial charge in [-0.1, -0.05) is 197 Å². The van der Waals surface area contributed by atoms with E-state index in [2.05, 4.69) is 62.5 Å². The van der Waals surface area contributed by atoms with Crippen LogP contribution in [0.15, 0.2) is 48.6 Å². The predicted octanol–water partition coefficient (Wildman–Crippen LogP) is 14.4. The highest BCUT2D eigenvalue weighted by atomic mass is 16.6. The largest absolute Gasteiger partial charge is 0.477 e. The molecule has 0 aliphatic carbocycles. The van der Waals surface area contributed by atoms with E-state index in [-0.39, 0.29) is 36.2 Å². The Kier molecular flexibility index (Phi) is 42.0. The van der Waals surface area contributed by atoms with Crippen LogP contribution in [-0.4, -0.2) is 80.6 Å². The molecule has 0 spiro atoms. The number of carboxylic acids is 1. The van der Waals surface area contributed by atoms with Crippen molar-refractivity contribution >= 4 is 17.9 Å². The van der Waals surface area contributed by atoms with Crippen molar-refractivity contribution in [3.8, 4) is 0 Å². The topological polar surface area (TPSA) is 99.1 Å². The van der Waals surface area contributed by atoms with Crippen molar-refractivity contribution in [3.05, 3.63) is 48.6 Å². The Labute approximate surface area is 376 Å². The van der Waals surface area contributed by atoms with Crippen LogP contribution in [0.1, 0.15) is 219 Å². The third-order valence-electron chi connectivity index (χ3n) is 11.2. The summed E-state index contributed by atoms with van der Waals surface area (Å²) >= 11 is 0. The molecule has 0 aliphatic rings. The first kappa shape index (κ1) is 58.3. The maximum Gasteiger partial charge on any atom is 0.362 e. The minimum absolute atomic E-state index is 0.0503. The van der Waals surface area contributed by atoms with E-state index in [1.54, 1.807) is 0 Å². The zero-order valence-corrected chi connectivity index (χ0v) is 40.4. The smallest absolute Gasteiger partial charge is 0.362 e. The summed E-state index contributed by atoms with van der Waals surface area (Å²) in [6.07, 6.45) is 53.0. The molecule has 1 N–H and O–H groups in total. The van der Waals surface area contributed by atoms with Crippen molar-refractivity contribution in [2.45, 2.75) is 231 Å². The van der Waals surface area contributed by atoms with Gasteiger partial charge in [0.1, 0.15) is 6.61 Å². The molecule has 0 saturated heterocycles. The Morgan fingerprint density at radius 3 is 1.36 bits per heavy atom. The number of esters is 2. The SMILES string of the molecule is CC/C=C\C/C=C\C/C=C\C/C=C\CCCCCCCCCCCCC(=O)OC(COCCC(C(=O)O)[N+](C)(C)C)COC(=O)CCCCCCCCCCCCCCCC. The molecule has 0 aromatic heterocycles. The molecule has 0 aromatic carbocycles. The highest BCUT2D eigenvalue weighted by molar-refractivity contribution is 5.72. The summed E-state index contributed by atoms with van der Waals surface area (Å²) in [5, 5.41) is 9.65. The third-order valence-corrected chi connectivity index (χ3v) is 11.2. The molecule has 0 saturated carbocycles. The van der Waals surface area contributed by atoms with Crippen molar-refractivity contribution in [1.82, 2.24) is 0 Å². The third kappa shape index (κ3) is 42.4. The summed E-state index contributed by atoms with van der Waals surface area (Å²) < 4.78 is 17.3. The second-order valence-corrected chi connectivity index (χ2v) is 18.1. The van der Waals surface area contributed by atoms with Crippen LogP contribution in [0.2, 0.25) is 0 Å². The number of rotatable bonds is 45. The lowest BCUT2D eigenvalue weighted by Crippen LogP contribution is -2.50. The Hall–Kier alpha value is -2.71. The molecule has 0 radical (unpaired) electrons. The standard InChI is InChI=1S/C53H95NO7/c1-6-8-10-12-14-16-18-20-22-23-24-25-26-27-28-29-30-32-34-36-38-40-42-44-52(56)61-49(47-59-46-45-50(53(57)58)54(3,4)5)48-60-51(55)43-41-39-37-35-33-31-21-19-17-15-13-11-9-7-2/h8,10,14,16,20,22,24-25,49-50H,6-7,9,11-13,15,17-19,21,23,26-48H2,1-5H3/p+1/b10-8-,16-14-,22-20-,25-24-. The Morgan fingerprint density at radius 2 is 0.918 bits per heavy atom. The quantitative estimate of drug-likeness (QED) is 0.0282. The summed E-state index contributed by atoms with van der Waals surface area (Å²) in [4.78, 5) is 37.1. The number of carbonyl (C=O) groups is 3. The minimum atomic E-state index is -0.874. The normalized spacial score (nSPS) is 13.3. The van der Waals surface area contributed by atoms with Gasteiger partial charge in [-0.05, 0) is 51.4 Å². The lowest BCUT2D eigenvalue weighted by atomic mass is 10.0. The summed E-state index contributed by atoms with van der Waals surface area (Å²) in [7, 11) is 5.54. The molecule has 0 amide bonds. The van der Waals surface area contributed by atoms with E-state index in [9.17, 15) is 19.5 Å². The maximum absolute atomic E-state index is 12.8. The lowest BCUT2D eigenvalue weighted by Gasteiger charge is -2.31. The summed E-state index contributed by atoms with van der Waals surface area (Å²) in [6.45, 7) is 4.64. The number of likely N-dealkylation sites (N-methyl/N-ethyl adjacent to an activating group) is 1. The van der Waals surface area contributed by atoms with Gasteiger partial charge in [-0.2, -0.15) is 0 Å². The number of unbranched alkanes of at least 4 members (excludes halogenated alkanes) is 23. The summed E-state index contributed by atoms with van der Waals surface area (Å²) in [5.41, 5.74) is 0. The second-order valence-electron chi connectivity index (χ2n) is 18.1. The number of hydrogen-bond donors (Lipinski definition) is 1. The van der Waals surface area contributed by atoms with Crippen LogP contribution in [-0.2, 0) is 28.6 Å². The van der Waals surface area contributed by atoms with E-state index in [4.69, 9.17) is 14.2 Å². The van der Waals surface area contributed by atoms with Crippen molar-refractivity contribution in [2.75, 3.05) is 41.0 Å². The van der Waals surface area contributed by atoms with Gasteiger partial charge in [0.15, 0.2) is 12.1 Å². The molecule has 0 bridgehead atoms. The zero-order chi connectivity index (χ0) is 44.9. The number of nitrogens with zero attached hydrogens (tertiary/aromatic N) is 1. The fraction of sp³-hybridized carbons (Fsp3) is 0.792. The highest BCUT2D eigenvalue weighted by Gasteiger charge is 2.31.